The molecule has 0 saturated heterocycles. The fourth-order valence-corrected chi connectivity index (χ4v) is 2.91. The van der Waals surface area contributed by atoms with Gasteiger partial charge in [0.25, 0.3) is 0 Å². The lowest BCUT2D eigenvalue weighted by Crippen LogP contribution is -1.96. The van der Waals surface area contributed by atoms with E-state index in [-0.39, 0.29) is 5.92 Å². The molecular formula is C20H17N3O. The highest BCUT2D eigenvalue weighted by atomic mass is 16.3. The van der Waals surface area contributed by atoms with Gasteiger partial charge in [0.05, 0.1) is 0 Å². The van der Waals surface area contributed by atoms with Gasteiger partial charge in [-0.05, 0) is 40.6 Å². The van der Waals surface area contributed by atoms with Gasteiger partial charge in [-0.25, -0.2) is 4.98 Å². The number of fused-ring (bicyclic) bond motifs is 1. The molecule has 0 saturated carbocycles. The first-order chi connectivity index (χ1) is 11.7. The van der Waals surface area contributed by atoms with Crippen LogP contribution >= 0.6 is 0 Å². The van der Waals surface area contributed by atoms with Gasteiger partial charge >= 0.3 is 0 Å². The molecule has 0 radical (unpaired) electrons. The summed E-state index contributed by atoms with van der Waals surface area (Å²) in [7, 11) is 0. The van der Waals surface area contributed by atoms with E-state index in [0.29, 0.717) is 5.75 Å². The average Bonchev–Trinajstić information content (AvgIpc) is 3.11. The van der Waals surface area contributed by atoms with Gasteiger partial charge in [-0.2, -0.15) is 0 Å². The Balaban J connectivity index is 1.67. The second kappa shape index (κ2) is 5.81. The fraction of sp³-hybridized carbons (Fsp3) is 0.100. The molecule has 4 heteroatoms. The highest BCUT2D eigenvalue weighted by Crippen LogP contribution is 2.28. The summed E-state index contributed by atoms with van der Waals surface area (Å²) in [5, 5.41) is 11.7. The lowest BCUT2D eigenvalue weighted by molar-refractivity contribution is 0.476. The lowest BCUT2D eigenvalue weighted by Gasteiger charge is -2.11. The smallest absolute Gasteiger partial charge is 0.137 e. The monoisotopic (exact) mass is 315 g/mol. The van der Waals surface area contributed by atoms with Gasteiger partial charge in [-0.3, -0.25) is 4.98 Å². The van der Waals surface area contributed by atoms with Crippen LogP contribution in [0.25, 0.3) is 22.2 Å². The van der Waals surface area contributed by atoms with Crippen molar-refractivity contribution < 1.29 is 5.11 Å². The second-order valence-electron chi connectivity index (χ2n) is 5.94. The molecule has 2 aromatic carbocycles. The molecule has 2 aromatic heterocycles. The number of rotatable bonds is 3. The minimum absolute atomic E-state index is 0.200. The molecule has 2 N–H and O–H groups in total. The van der Waals surface area contributed by atoms with Crippen LogP contribution in [0.2, 0.25) is 0 Å². The third-order valence-electron chi connectivity index (χ3n) is 4.36. The molecule has 0 spiro atoms. The summed E-state index contributed by atoms with van der Waals surface area (Å²) in [5.74, 6) is 1.34. The van der Waals surface area contributed by atoms with Gasteiger partial charge in [-0.15, -0.1) is 0 Å². The normalized spacial score (nSPS) is 12.4. The SMILES string of the molecule is CC(c1ccc2cc(O)ccc2c1)c1cnc(-c2ccncc2)[nH]1. The molecule has 1 atom stereocenters. The van der Waals surface area contributed by atoms with Crippen molar-refractivity contribution in [3.05, 3.63) is 78.4 Å². The van der Waals surface area contributed by atoms with Crippen LogP contribution < -0.4 is 0 Å². The topological polar surface area (TPSA) is 61.8 Å². The Morgan fingerprint density at radius 3 is 2.54 bits per heavy atom. The molecule has 118 valence electrons. The van der Waals surface area contributed by atoms with Crippen molar-refractivity contribution in [2.24, 2.45) is 0 Å². The second-order valence-corrected chi connectivity index (χ2v) is 5.94. The summed E-state index contributed by atoms with van der Waals surface area (Å²) in [6, 6.07) is 15.6. The van der Waals surface area contributed by atoms with Gasteiger partial charge in [0.1, 0.15) is 11.6 Å². The van der Waals surface area contributed by atoms with E-state index in [1.165, 1.54) is 5.56 Å². The summed E-state index contributed by atoms with van der Waals surface area (Å²) in [4.78, 5) is 11.9. The Hall–Kier alpha value is -3.14. The van der Waals surface area contributed by atoms with Crippen molar-refractivity contribution in [3.8, 4) is 17.1 Å². The van der Waals surface area contributed by atoms with Gasteiger partial charge in [-0.1, -0.05) is 31.2 Å². The van der Waals surface area contributed by atoms with Crippen molar-refractivity contribution in [1.82, 2.24) is 15.0 Å². The number of imidazole rings is 1. The molecule has 0 bridgehead atoms. The largest absolute Gasteiger partial charge is 0.508 e. The first kappa shape index (κ1) is 14.5. The molecule has 0 aliphatic heterocycles. The summed E-state index contributed by atoms with van der Waals surface area (Å²) < 4.78 is 0. The highest BCUT2D eigenvalue weighted by Gasteiger charge is 2.13. The summed E-state index contributed by atoms with van der Waals surface area (Å²) >= 11 is 0. The first-order valence-electron chi connectivity index (χ1n) is 7.89. The zero-order valence-corrected chi connectivity index (χ0v) is 13.3. The third kappa shape index (κ3) is 2.63. The van der Waals surface area contributed by atoms with E-state index in [2.05, 4.69) is 34.0 Å². The summed E-state index contributed by atoms with van der Waals surface area (Å²) in [5.41, 5.74) is 3.30. The van der Waals surface area contributed by atoms with Gasteiger partial charge < -0.3 is 10.1 Å². The van der Waals surface area contributed by atoms with Crippen LogP contribution in [0.4, 0.5) is 0 Å². The molecule has 4 aromatic rings. The molecule has 4 nitrogen and oxygen atoms in total. The van der Waals surface area contributed by atoms with Crippen molar-refractivity contribution in [2.45, 2.75) is 12.8 Å². The van der Waals surface area contributed by atoms with Crippen LogP contribution in [0.5, 0.6) is 5.75 Å². The number of hydrogen-bond acceptors (Lipinski definition) is 3. The number of hydrogen-bond donors (Lipinski definition) is 2. The van der Waals surface area contributed by atoms with Crippen molar-refractivity contribution in [3.63, 3.8) is 0 Å². The molecule has 4 rings (SSSR count). The number of nitrogens with zero attached hydrogens (tertiary/aromatic N) is 2. The maximum atomic E-state index is 9.58. The maximum Gasteiger partial charge on any atom is 0.137 e. The minimum Gasteiger partial charge on any atom is -0.508 e. The van der Waals surface area contributed by atoms with Gasteiger partial charge in [0, 0.05) is 35.8 Å². The zero-order valence-electron chi connectivity index (χ0n) is 13.3. The van der Waals surface area contributed by atoms with E-state index in [1.807, 2.05) is 30.5 Å². The summed E-state index contributed by atoms with van der Waals surface area (Å²) in [6.45, 7) is 2.16. The Bertz CT molecular complexity index is 992. The van der Waals surface area contributed by atoms with Crippen molar-refractivity contribution in [2.75, 3.05) is 0 Å². The van der Waals surface area contributed by atoms with E-state index in [9.17, 15) is 5.11 Å². The standard InChI is InChI=1S/C20H17N3O/c1-13(15-2-3-17-11-18(24)5-4-16(17)10-15)19-12-22-20(23-19)14-6-8-21-9-7-14/h2-13,24H,1H3,(H,22,23). The van der Waals surface area contributed by atoms with Crippen LogP contribution in [0, 0.1) is 0 Å². The first-order valence-corrected chi connectivity index (χ1v) is 7.89. The number of H-pyrrole nitrogens is 1. The molecule has 2 heterocycles. The number of aromatic nitrogens is 3. The number of pyridine rings is 1. The number of nitrogens with one attached hydrogen (secondary N) is 1. The van der Waals surface area contributed by atoms with E-state index in [1.54, 1.807) is 24.5 Å². The molecule has 1 unspecified atom stereocenters. The Kier molecular flexibility index (Phi) is 3.50. The van der Waals surface area contributed by atoms with E-state index < -0.39 is 0 Å². The van der Waals surface area contributed by atoms with Crippen LogP contribution in [-0.4, -0.2) is 20.1 Å². The van der Waals surface area contributed by atoms with E-state index in [4.69, 9.17) is 0 Å². The predicted octanol–water partition coefficient (Wildman–Crippen LogP) is 4.48. The van der Waals surface area contributed by atoms with E-state index >= 15 is 0 Å². The average molecular weight is 315 g/mol. The van der Waals surface area contributed by atoms with Crippen molar-refractivity contribution in [1.29, 1.82) is 0 Å². The Labute approximate surface area is 139 Å². The van der Waals surface area contributed by atoms with Crippen molar-refractivity contribution >= 4 is 10.8 Å². The van der Waals surface area contributed by atoms with Crippen LogP contribution in [-0.2, 0) is 0 Å². The molecule has 0 amide bonds. The minimum atomic E-state index is 0.200. The maximum absolute atomic E-state index is 9.58. The molecule has 0 aliphatic rings. The molecule has 0 aliphatic carbocycles. The third-order valence-corrected chi connectivity index (χ3v) is 4.36. The van der Waals surface area contributed by atoms with Crippen LogP contribution in [0.1, 0.15) is 24.1 Å². The number of phenolic OH excluding ortho intramolecular Hbond substituents is 1. The fourth-order valence-electron chi connectivity index (χ4n) is 2.91. The number of aromatic amines is 1. The highest BCUT2D eigenvalue weighted by molar-refractivity contribution is 5.84. The van der Waals surface area contributed by atoms with E-state index in [0.717, 1.165) is 27.9 Å². The van der Waals surface area contributed by atoms with Crippen LogP contribution in [0.3, 0.4) is 0 Å². The Morgan fingerprint density at radius 1 is 0.958 bits per heavy atom. The molecule has 24 heavy (non-hydrogen) atoms. The number of aromatic hydroxyl groups is 1. The quantitative estimate of drug-likeness (QED) is 0.586. The van der Waals surface area contributed by atoms with Gasteiger partial charge in [0.2, 0.25) is 0 Å². The predicted molar refractivity (Wildman–Crippen MR) is 94.9 cm³/mol. The zero-order chi connectivity index (χ0) is 16.5. The van der Waals surface area contributed by atoms with Gasteiger partial charge in [0.15, 0.2) is 0 Å². The number of benzene rings is 2. The Morgan fingerprint density at radius 2 is 1.71 bits per heavy atom. The molecular weight excluding hydrogens is 298 g/mol. The molecule has 0 fully saturated rings. The number of phenols is 1. The lowest BCUT2D eigenvalue weighted by atomic mass is 9.95. The summed E-state index contributed by atoms with van der Waals surface area (Å²) in [6.07, 6.45) is 5.42. The van der Waals surface area contributed by atoms with Crippen LogP contribution in [0.15, 0.2) is 67.1 Å².